The van der Waals surface area contributed by atoms with E-state index in [0.717, 1.165) is 6.42 Å². The third kappa shape index (κ3) is 14.4. The molecule has 0 heterocycles. The molecule has 0 aromatic heterocycles. The number of hydrogen-bond acceptors (Lipinski definition) is 2. The summed E-state index contributed by atoms with van der Waals surface area (Å²) in [7, 11) is 0. The molecular weight excluding hydrogens is 240 g/mol. The average molecular weight is 275 g/mol. The quantitative estimate of drug-likeness (QED) is 0.322. The van der Waals surface area contributed by atoms with E-state index < -0.39 is 0 Å². The highest BCUT2D eigenvalue weighted by atomic mass is 32.1. The molecule has 0 saturated heterocycles. The van der Waals surface area contributed by atoms with Crippen LogP contribution in [-0.2, 0) is 0 Å². The van der Waals surface area contributed by atoms with Crippen LogP contribution in [0.15, 0.2) is 0 Å². The molecule has 1 N–H and O–H groups in total. The van der Waals surface area contributed by atoms with Gasteiger partial charge in [0, 0.05) is 11.9 Å². The van der Waals surface area contributed by atoms with Gasteiger partial charge in [-0.05, 0) is 12.8 Å². The second-order valence-electron chi connectivity index (χ2n) is 5.49. The van der Waals surface area contributed by atoms with Crippen molar-refractivity contribution in [3.63, 3.8) is 0 Å². The fourth-order valence-electron chi connectivity index (χ4n) is 2.34. The minimum Gasteiger partial charge on any atom is -0.396 e. The SMILES string of the molecule is CCCCCCCCCCCCCC(S)CCO. The Kier molecular flexibility index (Phi) is 15.6. The number of unbranched alkanes of at least 4 members (excludes halogenated alkanes) is 10. The lowest BCUT2D eigenvalue weighted by Gasteiger charge is -2.08. The van der Waals surface area contributed by atoms with E-state index in [0.29, 0.717) is 5.25 Å². The molecule has 0 saturated carbocycles. The van der Waals surface area contributed by atoms with Crippen molar-refractivity contribution in [2.45, 2.75) is 95.6 Å². The molecule has 0 aliphatic heterocycles. The molecule has 0 aliphatic rings. The van der Waals surface area contributed by atoms with Crippen molar-refractivity contribution in [3.05, 3.63) is 0 Å². The van der Waals surface area contributed by atoms with Crippen molar-refractivity contribution in [2.75, 3.05) is 6.61 Å². The zero-order valence-corrected chi connectivity index (χ0v) is 13.3. The molecule has 1 atom stereocenters. The van der Waals surface area contributed by atoms with Gasteiger partial charge in [-0.2, -0.15) is 12.6 Å². The fraction of sp³-hybridized carbons (Fsp3) is 1.00. The van der Waals surface area contributed by atoms with E-state index in [1.807, 2.05) is 0 Å². The minimum absolute atomic E-state index is 0.284. The van der Waals surface area contributed by atoms with Gasteiger partial charge < -0.3 is 5.11 Å². The van der Waals surface area contributed by atoms with Crippen LogP contribution in [0.5, 0.6) is 0 Å². The van der Waals surface area contributed by atoms with E-state index in [4.69, 9.17) is 5.11 Å². The van der Waals surface area contributed by atoms with Gasteiger partial charge in [0.1, 0.15) is 0 Å². The molecule has 0 radical (unpaired) electrons. The summed E-state index contributed by atoms with van der Waals surface area (Å²) < 4.78 is 0. The topological polar surface area (TPSA) is 20.2 Å². The molecule has 0 amide bonds. The van der Waals surface area contributed by atoms with Crippen molar-refractivity contribution >= 4 is 12.6 Å². The second kappa shape index (κ2) is 15.4. The van der Waals surface area contributed by atoms with E-state index in [9.17, 15) is 0 Å². The van der Waals surface area contributed by atoms with Crippen LogP contribution >= 0.6 is 12.6 Å². The van der Waals surface area contributed by atoms with E-state index in [-0.39, 0.29) is 6.61 Å². The summed E-state index contributed by atoms with van der Waals surface area (Å²) in [5, 5.41) is 9.18. The summed E-state index contributed by atoms with van der Waals surface area (Å²) in [6, 6.07) is 0. The lowest BCUT2D eigenvalue weighted by atomic mass is 10.0. The minimum atomic E-state index is 0.284. The Morgan fingerprint density at radius 1 is 0.722 bits per heavy atom. The Morgan fingerprint density at radius 2 is 1.17 bits per heavy atom. The van der Waals surface area contributed by atoms with Crippen LogP contribution in [0.4, 0.5) is 0 Å². The lowest BCUT2D eigenvalue weighted by Crippen LogP contribution is -2.01. The van der Waals surface area contributed by atoms with Crippen molar-refractivity contribution in [1.29, 1.82) is 0 Å². The zero-order valence-electron chi connectivity index (χ0n) is 12.4. The van der Waals surface area contributed by atoms with E-state index in [2.05, 4.69) is 19.6 Å². The predicted octanol–water partition coefficient (Wildman–Crippen LogP) is 5.37. The summed E-state index contributed by atoms with van der Waals surface area (Å²) in [6.07, 6.45) is 17.4. The highest BCUT2D eigenvalue weighted by Crippen LogP contribution is 2.14. The largest absolute Gasteiger partial charge is 0.396 e. The first-order valence-corrected chi connectivity index (χ1v) is 8.61. The fourth-order valence-corrected chi connectivity index (χ4v) is 2.64. The monoisotopic (exact) mass is 274 g/mol. The van der Waals surface area contributed by atoms with E-state index in [1.54, 1.807) is 0 Å². The summed E-state index contributed by atoms with van der Waals surface area (Å²) in [4.78, 5) is 0. The van der Waals surface area contributed by atoms with Crippen molar-refractivity contribution in [2.24, 2.45) is 0 Å². The van der Waals surface area contributed by atoms with Crippen molar-refractivity contribution < 1.29 is 5.11 Å². The number of aliphatic hydroxyl groups is 1. The predicted molar refractivity (Wildman–Crippen MR) is 85.6 cm³/mol. The number of thiol groups is 1. The lowest BCUT2D eigenvalue weighted by molar-refractivity contribution is 0.285. The Hall–Kier alpha value is 0.310. The molecule has 0 bridgehead atoms. The Bertz CT molecular complexity index is 150. The molecule has 0 spiro atoms. The van der Waals surface area contributed by atoms with Gasteiger partial charge in [-0.3, -0.25) is 0 Å². The molecule has 0 aliphatic carbocycles. The van der Waals surface area contributed by atoms with Crippen LogP contribution in [-0.4, -0.2) is 17.0 Å². The van der Waals surface area contributed by atoms with Gasteiger partial charge >= 0.3 is 0 Å². The molecule has 110 valence electrons. The van der Waals surface area contributed by atoms with Gasteiger partial charge in [0.25, 0.3) is 0 Å². The summed E-state index contributed by atoms with van der Waals surface area (Å²) in [6.45, 7) is 2.56. The molecule has 0 aromatic rings. The van der Waals surface area contributed by atoms with Crippen LogP contribution in [0.3, 0.4) is 0 Å². The normalized spacial score (nSPS) is 12.8. The Morgan fingerprint density at radius 3 is 1.61 bits per heavy atom. The van der Waals surface area contributed by atoms with Gasteiger partial charge in [-0.1, -0.05) is 77.6 Å². The molecule has 0 fully saturated rings. The van der Waals surface area contributed by atoms with Crippen LogP contribution in [0.1, 0.15) is 90.4 Å². The molecule has 18 heavy (non-hydrogen) atoms. The Balaban J connectivity index is 2.98. The molecule has 2 heteroatoms. The van der Waals surface area contributed by atoms with Gasteiger partial charge in [0.05, 0.1) is 0 Å². The third-order valence-corrected chi connectivity index (χ3v) is 4.12. The average Bonchev–Trinajstić information content (AvgIpc) is 2.36. The number of hydrogen-bond donors (Lipinski definition) is 2. The molecule has 0 aromatic carbocycles. The molecule has 0 rings (SSSR count). The summed E-state index contributed by atoms with van der Waals surface area (Å²) in [5.74, 6) is 0. The van der Waals surface area contributed by atoms with Crippen LogP contribution in [0.2, 0.25) is 0 Å². The smallest absolute Gasteiger partial charge is 0.0441 e. The maximum absolute atomic E-state index is 8.76. The first-order chi connectivity index (χ1) is 8.81. The summed E-state index contributed by atoms with van der Waals surface area (Å²) in [5.41, 5.74) is 0. The van der Waals surface area contributed by atoms with Gasteiger partial charge in [-0.15, -0.1) is 0 Å². The van der Waals surface area contributed by atoms with Gasteiger partial charge in [-0.25, -0.2) is 0 Å². The standard InChI is InChI=1S/C16H34OS/c1-2-3-4-5-6-7-8-9-10-11-12-13-16(18)14-15-17/h16-18H,2-15H2,1H3. The van der Waals surface area contributed by atoms with E-state index >= 15 is 0 Å². The maximum Gasteiger partial charge on any atom is 0.0441 e. The van der Waals surface area contributed by atoms with Crippen LogP contribution < -0.4 is 0 Å². The van der Waals surface area contributed by atoms with E-state index in [1.165, 1.54) is 77.0 Å². The van der Waals surface area contributed by atoms with Gasteiger partial charge in [0.15, 0.2) is 0 Å². The van der Waals surface area contributed by atoms with Crippen molar-refractivity contribution in [1.82, 2.24) is 0 Å². The summed E-state index contributed by atoms with van der Waals surface area (Å²) >= 11 is 4.45. The Labute approximate surface area is 120 Å². The van der Waals surface area contributed by atoms with Crippen molar-refractivity contribution in [3.8, 4) is 0 Å². The number of rotatable bonds is 14. The second-order valence-corrected chi connectivity index (χ2v) is 6.22. The third-order valence-electron chi connectivity index (χ3n) is 3.60. The highest BCUT2D eigenvalue weighted by Gasteiger charge is 2.01. The van der Waals surface area contributed by atoms with Gasteiger partial charge in [0.2, 0.25) is 0 Å². The van der Waals surface area contributed by atoms with Crippen LogP contribution in [0.25, 0.3) is 0 Å². The zero-order chi connectivity index (χ0) is 13.5. The number of aliphatic hydroxyl groups excluding tert-OH is 1. The molecule has 1 nitrogen and oxygen atoms in total. The first kappa shape index (κ1) is 18.3. The maximum atomic E-state index is 8.76. The first-order valence-electron chi connectivity index (χ1n) is 8.10. The molecule has 1 unspecified atom stereocenters. The van der Waals surface area contributed by atoms with Crippen LogP contribution in [0, 0.1) is 0 Å². The molecular formula is C16H34OS. The highest BCUT2D eigenvalue weighted by molar-refractivity contribution is 7.80.